The maximum absolute atomic E-state index is 12.0. The Labute approximate surface area is 116 Å². The van der Waals surface area contributed by atoms with E-state index in [0.29, 0.717) is 18.1 Å². The second-order valence-corrected chi connectivity index (χ2v) is 5.89. The molecule has 0 aliphatic rings. The average Bonchev–Trinajstić information content (AvgIpc) is 2.92. The van der Waals surface area contributed by atoms with Crippen molar-refractivity contribution in [1.29, 1.82) is 0 Å². The topological polar surface area (TPSA) is 87.7 Å². The third-order valence-electron chi connectivity index (χ3n) is 2.51. The van der Waals surface area contributed by atoms with E-state index in [0.717, 1.165) is 5.56 Å². The highest BCUT2D eigenvalue weighted by Gasteiger charge is 2.13. The van der Waals surface area contributed by atoms with Crippen molar-refractivity contribution in [3.05, 3.63) is 42.0 Å². The Balaban J connectivity index is 1.97. The number of hydrogen-bond acceptors (Lipinski definition) is 4. The quantitative estimate of drug-likeness (QED) is 0.781. The number of nitrogens with one attached hydrogen (secondary N) is 2. The summed E-state index contributed by atoms with van der Waals surface area (Å²) in [6, 6.07) is 6.46. The van der Waals surface area contributed by atoms with Crippen molar-refractivity contribution < 1.29 is 8.42 Å². The lowest BCUT2D eigenvalue weighted by Gasteiger charge is -2.06. The van der Waals surface area contributed by atoms with Crippen LogP contribution in [0.1, 0.15) is 11.4 Å². The van der Waals surface area contributed by atoms with Gasteiger partial charge in [0.1, 0.15) is 12.2 Å². The fraction of sp³-hybridized carbons (Fsp3) is 0.273. The smallest absolute Gasteiger partial charge is 0.240 e. The molecule has 0 atom stereocenters. The number of H-pyrrole nitrogens is 1. The lowest BCUT2D eigenvalue weighted by atomic mass is 10.2. The van der Waals surface area contributed by atoms with Crippen LogP contribution in [0.4, 0.5) is 0 Å². The van der Waals surface area contributed by atoms with Crippen LogP contribution in [0, 0.1) is 0 Å². The molecule has 0 amide bonds. The summed E-state index contributed by atoms with van der Waals surface area (Å²) in [4.78, 5) is 4.14. The molecule has 0 bridgehead atoms. The summed E-state index contributed by atoms with van der Waals surface area (Å²) in [7, 11) is -3.49. The van der Waals surface area contributed by atoms with Crippen LogP contribution in [0.25, 0.3) is 0 Å². The predicted molar refractivity (Wildman–Crippen MR) is 71.3 cm³/mol. The first-order chi connectivity index (χ1) is 9.12. The van der Waals surface area contributed by atoms with Gasteiger partial charge in [0.15, 0.2) is 0 Å². The molecule has 1 heterocycles. The highest BCUT2D eigenvalue weighted by Crippen LogP contribution is 2.11. The molecular weight excluding hydrogens is 288 g/mol. The molecule has 2 rings (SSSR count). The summed E-state index contributed by atoms with van der Waals surface area (Å²) < 4.78 is 26.4. The highest BCUT2D eigenvalue weighted by atomic mass is 35.5. The second kappa shape index (κ2) is 6.14. The first-order valence-corrected chi connectivity index (χ1v) is 7.62. The Morgan fingerprint density at radius 1 is 1.26 bits per heavy atom. The van der Waals surface area contributed by atoms with E-state index in [1.54, 1.807) is 12.1 Å². The standard InChI is InChI=1S/C11H13ClN4O2S/c12-7-9-1-3-10(4-2-9)19(17,18)15-6-5-11-13-8-14-16-11/h1-4,8,15H,5-7H2,(H,13,14,16). The average molecular weight is 301 g/mol. The number of aromatic amines is 1. The third-order valence-corrected chi connectivity index (χ3v) is 4.29. The van der Waals surface area contributed by atoms with E-state index < -0.39 is 10.0 Å². The van der Waals surface area contributed by atoms with Crippen LogP contribution in [0.2, 0.25) is 0 Å². The fourth-order valence-corrected chi connectivity index (χ4v) is 2.71. The van der Waals surface area contributed by atoms with Gasteiger partial charge in [-0.15, -0.1) is 11.6 Å². The maximum Gasteiger partial charge on any atom is 0.240 e. The fourth-order valence-electron chi connectivity index (χ4n) is 1.50. The molecule has 0 radical (unpaired) electrons. The Hall–Kier alpha value is -1.44. The molecule has 8 heteroatoms. The normalized spacial score (nSPS) is 11.6. The molecule has 1 aromatic heterocycles. The van der Waals surface area contributed by atoms with Crippen LogP contribution in [0.3, 0.4) is 0 Å². The minimum absolute atomic E-state index is 0.221. The van der Waals surface area contributed by atoms with Gasteiger partial charge in [-0.3, -0.25) is 5.10 Å². The number of alkyl halides is 1. The summed E-state index contributed by atoms with van der Waals surface area (Å²) in [6.07, 6.45) is 1.84. The molecule has 19 heavy (non-hydrogen) atoms. The summed E-state index contributed by atoms with van der Waals surface area (Å²) >= 11 is 5.65. The van der Waals surface area contributed by atoms with Crippen molar-refractivity contribution in [2.24, 2.45) is 0 Å². The highest BCUT2D eigenvalue weighted by molar-refractivity contribution is 7.89. The van der Waals surface area contributed by atoms with Crippen molar-refractivity contribution in [2.45, 2.75) is 17.2 Å². The Morgan fingerprint density at radius 3 is 2.58 bits per heavy atom. The minimum atomic E-state index is -3.49. The van der Waals surface area contributed by atoms with Crippen molar-refractivity contribution >= 4 is 21.6 Å². The molecule has 0 unspecified atom stereocenters. The molecule has 2 aromatic rings. The first kappa shape index (κ1) is 14.0. The summed E-state index contributed by atoms with van der Waals surface area (Å²) in [5, 5.41) is 6.36. The van der Waals surface area contributed by atoms with Crippen molar-refractivity contribution in [2.75, 3.05) is 6.54 Å². The van der Waals surface area contributed by atoms with E-state index in [2.05, 4.69) is 19.9 Å². The first-order valence-electron chi connectivity index (χ1n) is 5.60. The molecular formula is C11H13ClN4O2S. The van der Waals surface area contributed by atoms with E-state index in [-0.39, 0.29) is 11.4 Å². The van der Waals surface area contributed by atoms with Crippen LogP contribution in [0.15, 0.2) is 35.5 Å². The van der Waals surface area contributed by atoms with Crippen LogP contribution in [-0.4, -0.2) is 30.1 Å². The maximum atomic E-state index is 12.0. The zero-order valence-corrected chi connectivity index (χ0v) is 11.6. The number of halogens is 1. The van der Waals surface area contributed by atoms with Gasteiger partial charge in [0, 0.05) is 18.8 Å². The van der Waals surface area contributed by atoms with Crippen LogP contribution in [-0.2, 0) is 22.3 Å². The van der Waals surface area contributed by atoms with Crippen LogP contribution >= 0.6 is 11.6 Å². The molecule has 2 N–H and O–H groups in total. The summed E-state index contributed by atoms with van der Waals surface area (Å²) in [5.41, 5.74) is 0.877. The molecule has 6 nitrogen and oxygen atoms in total. The van der Waals surface area contributed by atoms with E-state index in [4.69, 9.17) is 11.6 Å². The van der Waals surface area contributed by atoms with Crippen molar-refractivity contribution in [1.82, 2.24) is 19.9 Å². The molecule has 0 spiro atoms. The van der Waals surface area contributed by atoms with Gasteiger partial charge < -0.3 is 0 Å². The lowest BCUT2D eigenvalue weighted by molar-refractivity contribution is 0.581. The third kappa shape index (κ3) is 3.76. The van der Waals surface area contributed by atoms with Crippen LogP contribution in [0.5, 0.6) is 0 Å². The van der Waals surface area contributed by atoms with E-state index in [9.17, 15) is 8.42 Å². The van der Waals surface area contributed by atoms with E-state index in [1.165, 1.54) is 18.5 Å². The van der Waals surface area contributed by atoms with Crippen molar-refractivity contribution in [3.63, 3.8) is 0 Å². The monoisotopic (exact) mass is 300 g/mol. The van der Waals surface area contributed by atoms with Gasteiger partial charge in [0.25, 0.3) is 0 Å². The molecule has 0 saturated heterocycles. The number of aromatic nitrogens is 3. The Morgan fingerprint density at radius 2 is 2.00 bits per heavy atom. The summed E-state index contributed by atoms with van der Waals surface area (Å²) in [5.74, 6) is 0.999. The molecule has 0 aliphatic carbocycles. The molecule has 0 saturated carbocycles. The van der Waals surface area contributed by atoms with Gasteiger partial charge in [0.05, 0.1) is 4.90 Å². The minimum Gasteiger partial charge on any atom is -0.263 e. The predicted octanol–water partition coefficient (Wildman–Crippen LogP) is 1.06. The SMILES string of the molecule is O=S(=O)(NCCc1ncn[nH]1)c1ccc(CCl)cc1. The molecule has 0 aliphatic heterocycles. The summed E-state index contributed by atoms with van der Waals surface area (Å²) in [6.45, 7) is 0.259. The van der Waals surface area contributed by atoms with Crippen molar-refractivity contribution in [3.8, 4) is 0 Å². The number of rotatable bonds is 6. The van der Waals surface area contributed by atoms with Gasteiger partial charge in [-0.25, -0.2) is 18.1 Å². The molecule has 1 aromatic carbocycles. The zero-order valence-electron chi connectivity index (χ0n) is 10.0. The second-order valence-electron chi connectivity index (χ2n) is 3.86. The molecule has 102 valence electrons. The van der Waals surface area contributed by atoms with Gasteiger partial charge in [-0.05, 0) is 17.7 Å². The van der Waals surface area contributed by atoms with E-state index in [1.807, 2.05) is 0 Å². The Kier molecular flexibility index (Phi) is 4.52. The van der Waals surface area contributed by atoms with Gasteiger partial charge in [-0.1, -0.05) is 12.1 Å². The molecule has 0 fully saturated rings. The number of sulfonamides is 1. The largest absolute Gasteiger partial charge is 0.263 e. The van der Waals surface area contributed by atoms with Crippen LogP contribution < -0.4 is 4.72 Å². The zero-order chi connectivity index (χ0) is 13.7. The van der Waals surface area contributed by atoms with Gasteiger partial charge in [0.2, 0.25) is 10.0 Å². The number of hydrogen-bond donors (Lipinski definition) is 2. The van der Waals surface area contributed by atoms with Gasteiger partial charge >= 0.3 is 0 Å². The number of benzene rings is 1. The van der Waals surface area contributed by atoms with Gasteiger partial charge in [-0.2, -0.15) is 5.10 Å². The number of nitrogens with zero attached hydrogens (tertiary/aromatic N) is 2. The van der Waals surface area contributed by atoms with E-state index >= 15 is 0 Å². The lowest BCUT2D eigenvalue weighted by Crippen LogP contribution is -2.26. The Bertz CT molecular complexity index is 611.